The molecule has 4 heterocycles. The fraction of sp³-hybridized carbons (Fsp3) is 0.370. The van der Waals surface area contributed by atoms with Crippen LogP contribution in [-0.2, 0) is 12.1 Å². The van der Waals surface area contributed by atoms with Crippen molar-refractivity contribution in [2.24, 2.45) is 5.73 Å². The molecular formula is C27H32FN9O3. The van der Waals surface area contributed by atoms with Gasteiger partial charge in [0.2, 0.25) is 0 Å². The summed E-state index contributed by atoms with van der Waals surface area (Å²) in [5.41, 5.74) is 7.58. The summed E-state index contributed by atoms with van der Waals surface area (Å²) in [6.07, 6.45) is 2.42. The van der Waals surface area contributed by atoms with E-state index in [2.05, 4.69) is 35.9 Å². The topological polar surface area (TPSA) is 158 Å². The number of fused-ring (bicyclic) bond motifs is 1. The van der Waals surface area contributed by atoms with Gasteiger partial charge in [-0.1, -0.05) is 17.3 Å². The number of halogens is 1. The van der Waals surface area contributed by atoms with Crippen LogP contribution in [0.2, 0.25) is 0 Å². The Bertz CT molecular complexity index is 1560. The highest BCUT2D eigenvalue weighted by Gasteiger charge is 2.28. The molecule has 12 nitrogen and oxygen atoms in total. The normalized spacial score (nSPS) is 15.4. The Kier molecular flexibility index (Phi) is 7.15. The van der Waals surface area contributed by atoms with E-state index < -0.39 is 17.3 Å². The van der Waals surface area contributed by atoms with E-state index in [0.29, 0.717) is 41.4 Å². The van der Waals surface area contributed by atoms with E-state index in [-0.39, 0.29) is 24.3 Å². The highest BCUT2D eigenvalue weighted by Crippen LogP contribution is 2.35. The number of nitrogens with one attached hydrogen (secondary N) is 3. The molecule has 40 heavy (non-hydrogen) atoms. The fourth-order valence-corrected chi connectivity index (χ4v) is 4.59. The van der Waals surface area contributed by atoms with Gasteiger partial charge in [-0.05, 0) is 43.5 Å². The van der Waals surface area contributed by atoms with Crippen LogP contribution >= 0.6 is 0 Å². The number of carbonyl (C=O) groups is 2. The highest BCUT2D eigenvalue weighted by atomic mass is 19.1. The lowest BCUT2D eigenvalue weighted by Gasteiger charge is -2.19. The minimum Gasteiger partial charge on any atom is -0.359 e. The second-order valence-electron chi connectivity index (χ2n) is 10.7. The minimum atomic E-state index is -0.779. The maximum atomic E-state index is 15.2. The Balaban J connectivity index is 1.33. The number of aromatic nitrogens is 4. The van der Waals surface area contributed by atoms with E-state index in [9.17, 15) is 9.59 Å². The number of nitrogens with two attached hydrogens (primary N) is 1. The first kappa shape index (κ1) is 27.1. The summed E-state index contributed by atoms with van der Waals surface area (Å²) < 4.78 is 20.4. The number of hydrogen-bond donors (Lipinski definition) is 4. The molecule has 210 valence electrons. The summed E-state index contributed by atoms with van der Waals surface area (Å²) in [7, 11) is 3.41. The van der Waals surface area contributed by atoms with E-state index in [1.165, 1.54) is 17.0 Å². The molecule has 1 aliphatic rings. The molecule has 1 fully saturated rings. The zero-order chi connectivity index (χ0) is 28.6. The van der Waals surface area contributed by atoms with Gasteiger partial charge < -0.3 is 30.7 Å². The van der Waals surface area contributed by atoms with Crippen LogP contribution in [0.15, 0.2) is 41.1 Å². The van der Waals surface area contributed by atoms with Crippen LogP contribution < -0.4 is 21.3 Å². The summed E-state index contributed by atoms with van der Waals surface area (Å²) >= 11 is 0. The van der Waals surface area contributed by atoms with Crippen LogP contribution in [0.4, 0.5) is 15.0 Å². The van der Waals surface area contributed by atoms with Crippen LogP contribution in [0, 0.1) is 5.82 Å². The van der Waals surface area contributed by atoms with Gasteiger partial charge in [0, 0.05) is 57.6 Å². The number of urea groups is 1. The van der Waals surface area contributed by atoms with Crippen molar-refractivity contribution in [3.63, 3.8) is 0 Å². The summed E-state index contributed by atoms with van der Waals surface area (Å²) in [4.78, 5) is 32.6. The third-order valence-corrected chi connectivity index (χ3v) is 6.85. The van der Waals surface area contributed by atoms with Gasteiger partial charge >= 0.3 is 6.03 Å². The van der Waals surface area contributed by atoms with Gasteiger partial charge in [0.25, 0.3) is 5.91 Å². The van der Waals surface area contributed by atoms with Gasteiger partial charge in [0.05, 0.1) is 10.9 Å². The van der Waals surface area contributed by atoms with Crippen molar-refractivity contribution in [3.8, 4) is 11.1 Å². The summed E-state index contributed by atoms with van der Waals surface area (Å²) in [5.74, 6) is 0.110. The van der Waals surface area contributed by atoms with Gasteiger partial charge in [-0.25, -0.2) is 14.2 Å². The molecule has 0 aliphatic carbocycles. The fourth-order valence-electron chi connectivity index (χ4n) is 4.59. The lowest BCUT2D eigenvalue weighted by Crippen LogP contribution is -2.42. The number of nitrogens with zero attached hydrogens (tertiary/aromatic N) is 5. The van der Waals surface area contributed by atoms with Crippen LogP contribution in [0.3, 0.4) is 0 Å². The Morgan fingerprint density at radius 3 is 2.77 bits per heavy atom. The van der Waals surface area contributed by atoms with Crippen molar-refractivity contribution < 1.29 is 18.5 Å². The smallest absolute Gasteiger partial charge is 0.317 e. The molecule has 1 aromatic carbocycles. The van der Waals surface area contributed by atoms with Crippen molar-refractivity contribution in [3.05, 3.63) is 59.4 Å². The molecule has 3 aromatic heterocycles. The Morgan fingerprint density at radius 2 is 2.08 bits per heavy atom. The third-order valence-electron chi connectivity index (χ3n) is 6.85. The number of anilines is 1. The first-order valence-corrected chi connectivity index (χ1v) is 12.9. The SMILES string of the molecule is CN(C)C(=O)N[C@@H]1CCN(c2n[nH]c3nccc(-c4ccc(CNC(=O)c5cc(C(C)(C)N)on5)c(F)c4)c23)C1. The van der Waals surface area contributed by atoms with Gasteiger partial charge in [-0.15, -0.1) is 0 Å². The molecule has 1 atom stereocenters. The lowest BCUT2D eigenvalue weighted by molar-refractivity contribution is 0.0941. The zero-order valence-electron chi connectivity index (χ0n) is 22.8. The number of H-pyrrole nitrogens is 1. The molecule has 0 unspecified atom stereocenters. The molecular weight excluding hydrogens is 517 g/mol. The molecule has 0 saturated carbocycles. The first-order chi connectivity index (χ1) is 19.0. The number of pyridine rings is 1. The zero-order valence-corrected chi connectivity index (χ0v) is 22.8. The Labute approximate surface area is 230 Å². The van der Waals surface area contributed by atoms with Gasteiger partial charge in [-0.3, -0.25) is 9.89 Å². The van der Waals surface area contributed by atoms with Crippen molar-refractivity contribution in [2.75, 3.05) is 32.1 Å². The molecule has 1 saturated heterocycles. The predicted molar refractivity (Wildman–Crippen MR) is 147 cm³/mol. The maximum absolute atomic E-state index is 15.2. The van der Waals surface area contributed by atoms with Crippen molar-refractivity contribution in [1.82, 2.24) is 35.9 Å². The van der Waals surface area contributed by atoms with Crippen molar-refractivity contribution >= 4 is 28.8 Å². The molecule has 5 rings (SSSR count). The first-order valence-electron chi connectivity index (χ1n) is 12.9. The average Bonchev–Trinajstić information content (AvgIpc) is 3.66. The minimum absolute atomic E-state index is 0.0145. The third kappa shape index (κ3) is 5.45. The van der Waals surface area contributed by atoms with Gasteiger partial charge in [0.15, 0.2) is 22.9 Å². The van der Waals surface area contributed by atoms with E-state index in [0.717, 1.165) is 17.4 Å². The second kappa shape index (κ2) is 10.6. The molecule has 13 heteroatoms. The maximum Gasteiger partial charge on any atom is 0.317 e. The number of amides is 3. The van der Waals surface area contributed by atoms with Crippen LogP contribution in [0.25, 0.3) is 22.2 Å². The monoisotopic (exact) mass is 549 g/mol. The Hall–Kier alpha value is -4.52. The van der Waals surface area contributed by atoms with Crippen LogP contribution in [-0.4, -0.2) is 70.4 Å². The number of hydrogen-bond acceptors (Lipinski definition) is 8. The summed E-state index contributed by atoms with van der Waals surface area (Å²) in [6, 6.07) is 8.01. The molecule has 0 bridgehead atoms. The van der Waals surface area contributed by atoms with Crippen LogP contribution in [0.5, 0.6) is 0 Å². The molecule has 5 N–H and O–H groups in total. The molecule has 4 aromatic rings. The van der Waals surface area contributed by atoms with E-state index in [1.807, 2.05) is 6.07 Å². The van der Waals surface area contributed by atoms with E-state index in [4.69, 9.17) is 10.3 Å². The lowest BCUT2D eigenvalue weighted by atomic mass is 10.0. The molecule has 0 spiro atoms. The van der Waals surface area contributed by atoms with Crippen molar-refractivity contribution in [1.29, 1.82) is 0 Å². The number of benzene rings is 1. The van der Waals surface area contributed by atoms with Gasteiger partial charge in [0.1, 0.15) is 5.82 Å². The standard InChI is InChI=1S/C27H32FN9O3/c1-27(2,29)21-12-20(35-40-21)25(38)31-13-16-6-5-15(11-19(16)28)18-7-9-30-23-22(18)24(34-33-23)37-10-8-17(14-37)32-26(39)36(3)4/h5-7,9,11-12,17H,8,10,13-14,29H2,1-4H3,(H,31,38)(H,32,39)(H,30,33,34)/t17-/m1/s1. The molecule has 3 amide bonds. The Morgan fingerprint density at radius 1 is 1.27 bits per heavy atom. The molecule has 0 radical (unpaired) electrons. The van der Waals surface area contributed by atoms with Gasteiger partial charge in [-0.2, -0.15) is 5.10 Å². The highest BCUT2D eigenvalue weighted by molar-refractivity contribution is 6.00. The number of carbonyl (C=O) groups excluding carboxylic acids is 2. The number of aromatic amines is 1. The second-order valence-corrected chi connectivity index (χ2v) is 10.7. The largest absolute Gasteiger partial charge is 0.359 e. The number of rotatable bonds is 7. The molecule has 1 aliphatic heterocycles. The average molecular weight is 550 g/mol. The summed E-state index contributed by atoms with van der Waals surface area (Å²) in [6.45, 7) is 4.74. The summed E-state index contributed by atoms with van der Waals surface area (Å²) in [5, 5.41) is 17.7. The predicted octanol–water partition coefficient (Wildman–Crippen LogP) is 2.73. The quantitative estimate of drug-likeness (QED) is 0.274. The van der Waals surface area contributed by atoms with E-state index in [1.54, 1.807) is 46.3 Å². The van der Waals surface area contributed by atoms with E-state index >= 15 is 4.39 Å². The van der Waals surface area contributed by atoms with Crippen LogP contribution in [0.1, 0.15) is 42.1 Å². The van der Waals surface area contributed by atoms with Crippen molar-refractivity contribution in [2.45, 2.75) is 38.4 Å².